The highest BCUT2D eigenvalue weighted by Crippen LogP contribution is 2.32. The summed E-state index contributed by atoms with van der Waals surface area (Å²) in [6, 6.07) is 24.0. The van der Waals surface area contributed by atoms with Gasteiger partial charge >= 0.3 is 0 Å². The number of carbonyl (C=O) groups excluding carboxylic acids is 1. The lowest BCUT2D eigenvalue weighted by atomic mass is 9.78. The van der Waals surface area contributed by atoms with E-state index in [9.17, 15) is 4.79 Å². The van der Waals surface area contributed by atoms with Crippen LogP contribution in [0.5, 0.6) is 5.75 Å². The predicted octanol–water partition coefficient (Wildman–Crippen LogP) is 5.51. The number of hydrogen-bond donors (Lipinski definition) is 1. The Morgan fingerprint density at radius 3 is 2.44 bits per heavy atom. The fourth-order valence-corrected chi connectivity index (χ4v) is 3.87. The van der Waals surface area contributed by atoms with Crippen molar-refractivity contribution in [3.05, 3.63) is 107 Å². The highest BCUT2D eigenvalue weighted by atomic mass is 16.5. The third-order valence-electron chi connectivity index (χ3n) is 6.10. The molecular formula is C28H31N3O3. The third kappa shape index (κ3) is 5.57. The number of amides is 1. The number of nitrogens with one attached hydrogen (secondary N) is 1. The second-order valence-corrected chi connectivity index (χ2v) is 8.88. The molecule has 2 aromatic carbocycles. The molecule has 0 aliphatic carbocycles. The van der Waals surface area contributed by atoms with Crippen LogP contribution >= 0.6 is 0 Å². The summed E-state index contributed by atoms with van der Waals surface area (Å²) in [7, 11) is 0. The Kier molecular flexibility index (Phi) is 7.16. The summed E-state index contributed by atoms with van der Waals surface area (Å²) < 4.78 is 13.5. The molecule has 0 fully saturated rings. The van der Waals surface area contributed by atoms with Crippen LogP contribution in [0.25, 0.3) is 0 Å². The second-order valence-electron chi connectivity index (χ2n) is 8.88. The molecular weight excluding hydrogens is 426 g/mol. The van der Waals surface area contributed by atoms with E-state index in [-0.39, 0.29) is 23.7 Å². The number of benzene rings is 2. The summed E-state index contributed by atoms with van der Waals surface area (Å²) in [5.41, 5.74) is 3.49. The molecule has 0 spiro atoms. The fraction of sp³-hybridized carbons (Fsp3) is 0.286. The van der Waals surface area contributed by atoms with Crippen LogP contribution < -0.4 is 10.1 Å². The molecule has 6 heteroatoms. The number of aromatic nitrogens is 2. The molecule has 0 aliphatic rings. The van der Waals surface area contributed by atoms with Gasteiger partial charge in [0.2, 0.25) is 0 Å². The zero-order chi connectivity index (χ0) is 24.0. The molecule has 4 rings (SSSR count). The second kappa shape index (κ2) is 10.4. The quantitative estimate of drug-likeness (QED) is 0.319. The molecule has 0 radical (unpaired) electrons. The molecule has 0 saturated heterocycles. The smallest absolute Gasteiger partial charge is 0.286 e. The number of rotatable bonds is 10. The van der Waals surface area contributed by atoms with Gasteiger partial charge in [-0.3, -0.25) is 9.48 Å². The highest BCUT2D eigenvalue weighted by molar-refractivity contribution is 5.91. The molecule has 1 amide bonds. The van der Waals surface area contributed by atoms with Crippen molar-refractivity contribution < 1.29 is 13.9 Å². The lowest BCUT2D eigenvalue weighted by molar-refractivity contribution is 0.0921. The topological polar surface area (TPSA) is 69.3 Å². The van der Waals surface area contributed by atoms with Crippen molar-refractivity contribution in [3.8, 4) is 5.75 Å². The average Bonchev–Trinajstić information content (AvgIpc) is 3.50. The Bertz CT molecular complexity index is 1210. The van der Waals surface area contributed by atoms with Gasteiger partial charge in [-0.2, -0.15) is 5.10 Å². The van der Waals surface area contributed by atoms with Crippen molar-refractivity contribution in [3.63, 3.8) is 0 Å². The van der Waals surface area contributed by atoms with E-state index in [0.29, 0.717) is 12.3 Å². The monoisotopic (exact) mass is 457 g/mol. The van der Waals surface area contributed by atoms with Crippen LogP contribution in [0, 0.1) is 6.92 Å². The first-order valence-electron chi connectivity index (χ1n) is 11.6. The van der Waals surface area contributed by atoms with E-state index in [4.69, 9.17) is 9.15 Å². The minimum atomic E-state index is -0.226. The average molecular weight is 458 g/mol. The molecule has 1 N–H and O–H groups in total. The number of hydrogen-bond acceptors (Lipinski definition) is 4. The van der Waals surface area contributed by atoms with Crippen molar-refractivity contribution in [2.45, 2.75) is 45.8 Å². The maximum absolute atomic E-state index is 12.3. The van der Waals surface area contributed by atoms with Crippen LogP contribution in [-0.2, 0) is 18.6 Å². The van der Waals surface area contributed by atoms with Crippen molar-refractivity contribution in [1.82, 2.24) is 15.1 Å². The molecule has 0 atom stereocenters. The van der Waals surface area contributed by atoms with Gasteiger partial charge in [0.05, 0.1) is 0 Å². The molecule has 6 nitrogen and oxygen atoms in total. The molecule has 2 heterocycles. The highest BCUT2D eigenvalue weighted by Gasteiger charge is 2.22. The summed E-state index contributed by atoms with van der Waals surface area (Å²) in [6.07, 6.45) is 2.57. The molecule has 2 aromatic heterocycles. The largest absolute Gasteiger partial charge is 0.486 e. The number of ether oxygens (including phenoxy) is 1. The normalized spacial score (nSPS) is 11.4. The van der Waals surface area contributed by atoms with Gasteiger partial charge in [-0.1, -0.05) is 56.3 Å². The molecule has 0 unspecified atom stereocenters. The molecule has 0 bridgehead atoms. The Balaban J connectivity index is 1.25. The van der Waals surface area contributed by atoms with E-state index in [1.165, 1.54) is 11.1 Å². The lowest BCUT2D eigenvalue weighted by Gasteiger charge is -2.26. The van der Waals surface area contributed by atoms with Crippen LogP contribution in [0.2, 0.25) is 0 Å². The SMILES string of the molecule is Cc1ccnn1CCCNC(=O)c1ccc(COc2ccc(C(C)(C)c3ccccc3)cc2)o1. The van der Waals surface area contributed by atoms with E-state index in [0.717, 1.165) is 24.4 Å². The minimum absolute atomic E-state index is 0.0969. The zero-order valence-electron chi connectivity index (χ0n) is 20.0. The third-order valence-corrected chi connectivity index (χ3v) is 6.10. The van der Waals surface area contributed by atoms with Crippen molar-refractivity contribution in [2.24, 2.45) is 0 Å². The van der Waals surface area contributed by atoms with Crippen molar-refractivity contribution >= 4 is 5.91 Å². The van der Waals surface area contributed by atoms with Gasteiger partial charge in [0, 0.05) is 30.4 Å². The van der Waals surface area contributed by atoms with Crippen molar-refractivity contribution in [2.75, 3.05) is 6.54 Å². The van der Waals surface area contributed by atoms with E-state index >= 15 is 0 Å². The molecule has 4 aromatic rings. The van der Waals surface area contributed by atoms with Gasteiger partial charge in [0.1, 0.15) is 18.1 Å². The first kappa shape index (κ1) is 23.4. The van der Waals surface area contributed by atoms with Crippen LogP contribution in [0.1, 0.15) is 53.4 Å². The fourth-order valence-electron chi connectivity index (χ4n) is 3.87. The van der Waals surface area contributed by atoms with Crippen LogP contribution in [0.15, 0.2) is 83.4 Å². The maximum atomic E-state index is 12.3. The predicted molar refractivity (Wildman–Crippen MR) is 132 cm³/mol. The Morgan fingerprint density at radius 1 is 1.00 bits per heavy atom. The summed E-state index contributed by atoms with van der Waals surface area (Å²) in [5, 5.41) is 7.13. The van der Waals surface area contributed by atoms with Gasteiger partial charge in [-0.15, -0.1) is 0 Å². The van der Waals surface area contributed by atoms with Gasteiger partial charge in [0.15, 0.2) is 5.76 Å². The number of nitrogens with zero attached hydrogens (tertiary/aromatic N) is 2. The molecule has 176 valence electrons. The van der Waals surface area contributed by atoms with Gasteiger partial charge in [-0.25, -0.2) is 0 Å². The van der Waals surface area contributed by atoms with E-state index in [2.05, 4.69) is 60.7 Å². The van der Waals surface area contributed by atoms with Crippen LogP contribution in [-0.4, -0.2) is 22.2 Å². The van der Waals surface area contributed by atoms with Crippen LogP contribution in [0.4, 0.5) is 0 Å². The summed E-state index contributed by atoms with van der Waals surface area (Å²) in [4.78, 5) is 12.3. The number of carbonyl (C=O) groups is 1. The summed E-state index contributed by atoms with van der Waals surface area (Å²) >= 11 is 0. The lowest BCUT2D eigenvalue weighted by Crippen LogP contribution is -2.25. The molecule has 0 aliphatic heterocycles. The minimum Gasteiger partial charge on any atom is -0.486 e. The standard InChI is InChI=1S/C28H31N3O3/c1-21-16-18-30-31(21)19-7-17-29-27(32)26-15-14-25(34-26)20-33-24-12-10-23(11-13-24)28(2,3)22-8-5-4-6-9-22/h4-6,8-16,18H,7,17,19-20H2,1-3H3,(H,29,32). The Morgan fingerprint density at radius 2 is 1.74 bits per heavy atom. The first-order valence-corrected chi connectivity index (χ1v) is 11.6. The van der Waals surface area contributed by atoms with E-state index in [1.807, 2.05) is 35.9 Å². The van der Waals surface area contributed by atoms with E-state index in [1.54, 1.807) is 18.3 Å². The molecule has 34 heavy (non-hydrogen) atoms. The first-order chi connectivity index (χ1) is 16.4. The van der Waals surface area contributed by atoms with Gasteiger partial charge in [-0.05, 0) is 54.8 Å². The molecule has 0 saturated carbocycles. The maximum Gasteiger partial charge on any atom is 0.286 e. The van der Waals surface area contributed by atoms with Crippen molar-refractivity contribution in [1.29, 1.82) is 0 Å². The number of aryl methyl sites for hydroxylation is 2. The van der Waals surface area contributed by atoms with E-state index < -0.39 is 0 Å². The summed E-state index contributed by atoms with van der Waals surface area (Å²) in [5.74, 6) is 1.42. The Hall–Kier alpha value is -3.80. The summed E-state index contributed by atoms with van der Waals surface area (Å²) in [6.45, 7) is 8.01. The zero-order valence-corrected chi connectivity index (χ0v) is 20.0. The number of furan rings is 1. The van der Waals surface area contributed by atoms with Crippen LogP contribution in [0.3, 0.4) is 0 Å². The van der Waals surface area contributed by atoms with Gasteiger partial charge < -0.3 is 14.5 Å². The Labute approximate surface area is 200 Å². The van der Waals surface area contributed by atoms with Gasteiger partial charge in [0.25, 0.3) is 5.91 Å².